The fraction of sp³-hybridized carbons (Fsp3) is 0.200. The standard InChI is InChI=1S/C25H26N6O5/c1-15(32)22(25(35)31-36)30-23(33)18-8-4-16(5-9-18)2-3-17-6-10-19(11-7-17)29-24(34)21(26)12-20-13-27-14-28-20/h4-11,13-15,21-22,32,36H,12,26H2,1H3,(H,27,28)(H,29,34)(H,30,33)(H,31,35)/t15-,21+,22+/m1/s1. The molecule has 0 saturated carbocycles. The number of aromatic nitrogens is 2. The second-order valence-electron chi connectivity index (χ2n) is 7.95. The highest BCUT2D eigenvalue weighted by Gasteiger charge is 2.25. The van der Waals surface area contributed by atoms with Crippen LogP contribution in [0.25, 0.3) is 0 Å². The third kappa shape index (κ3) is 7.25. The lowest BCUT2D eigenvalue weighted by Gasteiger charge is -2.19. The van der Waals surface area contributed by atoms with E-state index in [1.807, 2.05) is 0 Å². The van der Waals surface area contributed by atoms with E-state index < -0.39 is 30.0 Å². The van der Waals surface area contributed by atoms with Crippen molar-refractivity contribution < 1.29 is 24.7 Å². The number of imidazole rings is 1. The number of rotatable bonds is 8. The molecule has 0 unspecified atom stereocenters. The van der Waals surface area contributed by atoms with Crippen LogP contribution >= 0.6 is 0 Å². The minimum Gasteiger partial charge on any atom is -0.391 e. The van der Waals surface area contributed by atoms with Gasteiger partial charge in [0.05, 0.1) is 18.5 Å². The summed E-state index contributed by atoms with van der Waals surface area (Å²) in [4.78, 5) is 43.0. The molecule has 186 valence electrons. The van der Waals surface area contributed by atoms with Crippen LogP contribution in [0, 0.1) is 11.8 Å². The number of hydrogen-bond acceptors (Lipinski definition) is 7. The number of H-pyrrole nitrogens is 1. The van der Waals surface area contributed by atoms with Gasteiger partial charge in [-0.3, -0.25) is 19.6 Å². The second-order valence-corrected chi connectivity index (χ2v) is 7.95. The summed E-state index contributed by atoms with van der Waals surface area (Å²) in [5, 5.41) is 23.5. The van der Waals surface area contributed by atoms with E-state index in [0.29, 0.717) is 23.2 Å². The highest BCUT2D eigenvalue weighted by Crippen LogP contribution is 2.11. The molecule has 1 heterocycles. The van der Waals surface area contributed by atoms with Gasteiger partial charge in [0.1, 0.15) is 6.04 Å². The average molecular weight is 491 g/mol. The van der Waals surface area contributed by atoms with Crippen LogP contribution in [0.5, 0.6) is 0 Å². The molecule has 8 N–H and O–H groups in total. The van der Waals surface area contributed by atoms with E-state index in [1.165, 1.54) is 30.9 Å². The van der Waals surface area contributed by atoms with Gasteiger partial charge in [-0.15, -0.1) is 0 Å². The van der Waals surface area contributed by atoms with Crippen LogP contribution < -0.4 is 21.8 Å². The molecule has 0 aliphatic carbocycles. The van der Waals surface area contributed by atoms with Crippen LogP contribution in [0.4, 0.5) is 5.69 Å². The summed E-state index contributed by atoms with van der Waals surface area (Å²) in [6.07, 6.45) is 2.29. The molecule has 0 spiro atoms. The minimum absolute atomic E-state index is 0.253. The van der Waals surface area contributed by atoms with E-state index in [1.54, 1.807) is 42.6 Å². The van der Waals surface area contributed by atoms with Gasteiger partial charge in [0.2, 0.25) is 5.91 Å². The van der Waals surface area contributed by atoms with Crippen LogP contribution in [-0.4, -0.2) is 56.2 Å². The van der Waals surface area contributed by atoms with Gasteiger partial charge in [0.25, 0.3) is 11.8 Å². The monoisotopic (exact) mass is 490 g/mol. The number of aliphatic hydroxyl groups is 1. The number of nitrogens with two attached hydrogens (primary N) is 1. The zero-order valence-electron chi connectivity index (χ0n) is 19.4. The van der Waals surface area contributed by atoms with Crippen LogP contribution in [0.15, 0.2) is 61.1 Å². The Labute approximate surface area is 207 Å². The van der Waals surface area contributed by atoms with E-state index in [2.05, 4.69) is 32.4 Å². The Morgan fingerprint density at radius 1 is 1.03 bits per heavy atom. The van der Waals surface area contributed by atoms with E-state index in [-0.39, 0.29) is 11.5 Å². The maximum absolute atomic E-state index is 12.3. The molecule has 11 heteroatoms. The van der Waals surface area contributed by atoms with Gasteiger partial charge in [-0.05, 0) is 55.5 Å². The molecule has 0 aliphatic rings. The smallest absolute Gasteiger partial charge is 0.268 e. The first-order valence-electron chi connectivity index (χ1n) is 11.0. The normalized spacial score (nSPS) is 12.9. The molecule has 3 rings (SSSR count). The third-order valence-corrected chi connectivity index (χ3v) is 5.14. The van der Waals surface area contributed by atoms with Gasteiger partial charge in [0.15, 0.2) is 0 Å². The fourth-order valence-electron chi connectivity index (χ4n) is 3.15. The summed E-state index contributed by atoms with van der Waals surface area (Å²) in [5.74, 6) is 4.15. The van der Waals surface area contributed by atoms with Gasteiger partial charge in [0, 0.05) is 40.7 Å². The highest BCUT2D eigenvalue weighted by atomic mass is 16.5. The van der Waals surface area contributed by atoms with Crippen LogP contribution in [0.1, 0.15) is 34.1 Å². The Hall–Kier alpha value is -4.50. The predicted molar refractivity (Wildman–Crippen MR) is 131 cm³/mol. The minimum atomic E-state index is -1.30. The summed E-state index contributed by atoms with van der Waals surface area (Å²) < 4.78 is 0. The predicted octanol–water partition coefficient (Wildman–Crippen LogP) is 0.303. The first-order chi connectivity index (χ1) is 17.3. The summed E-state index contributed by atoms with van der Waals surface area (Å²) in [6.45, 7) is 1.32. The van der Waals surface area contributed by atoms with Crippen molar-refractivity contribution in [3.8, 4) is 11.8 Å². The number of nitrogens with zero attached hydrogens (tertiary/aromatic N) is 1. The van der Waals surface area contributed by atoms with Crippen LogP contribution in [-0.2, 0) is 16.0 Å². The van der Waals surface area contributed by atoms with Gasteiger partial charge in [-0.25, -0.2) is 10.5 Å². The summed E-state index contributed by atoms with van der Waals surface area (Å²) >= 11 is 0. The molecule has 2 aromatic carbocycles. The number of carbonyl (C=O) groups is 3. The number of benzene rings is 2. The van der Waals surface area contributed by atoms with Crippen molar-refractivity contribution in [1.29, 1.82) is 0 Å². The molecule has 0 saturated heterocycles. The Balaban J connectivity index is 1.57. The molecule has 0 radical (unpaired) electrons. The lowest BCUT2D eigenvalue weighted by molar-refractivity contribution is -0.133. The molecule has 0 bridgehead atoms. The number of carbonyl (C=O) groups excluding carboxylic acids is 3. The third-order valence-electron chi connectivity index (χ3n) is 5.14. The molecule has 3 aromatic rings. The fourth-order valence-corrected chi connectivity index (χ4v) is 3.15. The molecule has 0 fully saturated rings. The van der Waals surface area contributed by atoms with E-state index in [9.17, 15) is 19.5 Å². The SMILES string of the molecule is C[C@@H](O)[C@H](NC(=O)c1ccc(C#Cc2ccc(NC(=O)[C@@H](N)Cc3cnc[nH]3)cc2)cc1)C(=O)NO. The van der Waals surface area contributed by atoms with Crippen molar-refractivity contribution in [1.82, 2.24) is 20.8 Å². The molecular weight excluding hydrogens is 464 g/mol. The van der Waals surface area contributed by atoms with Gasteiger partial charge in [-0.2, -0.15) is 0 Å². The number of amides is 3. The Morgan fingerprint density at radius 3 is 2.17 bits per heavy atom. The molecule has 3 amide bonds. The van der Waals surface area contributed by atoms with Gasteiger partial charge < -0.3 is 26.5 Å². The molecule has 3 atom stereocenters. The Kier molecular flexibility index (Phi) is 8.90. The zero-order valence-corrected chi connectivity index (χ0v) is 19.4. The molecular formula is C25H26N6O5. The number of anilines is 1. The zero-order chi connectivity index (χ0) is 26.1. The quantitative estimate of drug-likeness (QED) is 0.135. The molecule has 11 nitrogen and oxygen atoms in total. The van der Waals surface area contributed by atoms with Crippen LogP contribution in [0.2, 0.25) is 0 Å². The van der Waals surface area contributed by atoms with E-state index in [0.717, 1.165) is 5.69 Å². The van der Waals surface area contributed by atoms with Crippen LogP contribution in [0.3, 0.4) is 0 Å². The van der Waals surface area contributed by atoms with E-state index in [4.69, 9.17) is 10.9 Å². The molecule has 0 aliphatic heterocycles. The number of hydroxylamine groups is 1. The largest absolute Gasteiger partial charge is 0.391 e. The summed E-state index contributed by atoms with van der Waals surface area (Å²) in [7, 11) is 0. The first-order valence-corrected chi connectivity index (χ1v) is 11.0. The Morgan fingerprint density at radius 2 is 1.64 bits per heavy atom. The van der Waals surface area contributed by atoms with Crippen molar-refractivity contribution in [2.75, 3.05) is 5.32 Å². The number of aliphatic hydroxyl groups excluding tert-OH is 1. The average Bonchev–Trinajstić information content (AvgIpc) is 3.39. The van der Waals surface area contributed by atoms with Gasteiger partial charge >= 0.3 is 0 Å². The molecule has 1 aromatic heterocycles. The van der Waals surface area contributed by atoms with Crippen molar-refractivity contribution in [3.05, 3.63) is 83.4 Å². The first kappa shape index (κ1) is 26.1. The Bertz CT molecular complexity index is 1240. The summed E-state index contributed by atoms with van der Waals surface area (Å²) in [5.41, 5.74) is 10.3. The topological polar surface area (TPSA) is 182 Å². The lowest BCUT2D eigenvalue weighted by atomic mass is 10.1. The number of nitrogens with one attached hydrogen (secondary N) is 4. The van der Waals surface area contributed by atoms with Crippen molar-refractivity contribution in [2.45, 2.75) is 31.5 Å². The summed E-state index contributed by atoms with van der Waals surface area (Å²) in [6, 6.07) is 11.3. The maximum Gasteiger partial charge on any atom is 0.268 e. The van der Waals surface area contributed by atoms with Gasteiger partial charge in [-0.1, -0.05) is 11.8 Å². The maximum atomic E-state index is 12.3. The second kappa shape index (κ2) is 12.3. The van der Waals surface area contributed by atoms with Crippen molar-refractivity contribution in [2.24, 2.45) is 5.73 Å². The molecule has 36 heavy (non-hydrogen) atoms. The van der Waals surface area contributed by atoms with Crippen molar-refractivity contribution in [3.63, 3.8) is 0 Å². The number of hydrogen-bond donors (Lipinski definition) is 7. The van der Waals surface area contributed by atoms with E-state index >= 15 is 0 Å². The highest BCUT2D eigenvalue weighted by molar-refractivity contribution is 5.97. The van der Waals surface area contributed by atoms with Crippen molar-refractivity contribution >= 4 is 23.4 Å². The number of aromatic amines is 1. The lowest BCUT2D eigenvalue weighted by Crippen LogP contribution is -2.51.